The van der Waals surface area contributed by atoms with Crippen molar-refractivity contribution in [2.75, 3.05) is 0 Å². The minimum atomic E-state index is -0.759. The number of nitrogens with zero attached hydrogens (tertiary/aromatic N) is 2. The lowest BCUT2D eigenvalue weighted by molar-refractivity contribution is -0.384. The number of nitro groups is 1. The number of benzene rings is 2. The molecule has 0 aliphatic rings. The van der Waals surface area contributed by atoms with Crippen LogP contribution in [0.5, 0.6) is 5.75 Å². The Morgan fingerprint density at radius 1 is 1.26 bits per heavy atom. The van der Waals surface area contributed by atoms with E-state index in [1.54, 1.807) is 36.4 Å². The average Bonchev–Trinajstić information content (AvgIpc) is 2.54. The van der Waals surface area contributed by atoms with Gasteiger partial charge in [-0.05, 0) is 29.8 Å². The van der Waals surface area contributed by atoms with Crippen molar-refractivity contribution in [2.24, 2.45) is 10.8 Å². The molecule has 0 aromatic heterocycles. The van der Waals surface area contributed by atoms with E-state index in [-0.39, 0.29) is 12.3 Å². The number of ether oxygens (including phenoxy) is 1. The molecule has 2 amide bonds. The van der Waals surface area contributed by atoms with Crippen LogP contribution >= 0.6 is 0 Å². The van der Waals surface area contributed by atoms with Crippen LogP contribution < -0.4 is 15.9 Å². The van der Waals surface area contributed by atoms with Crippen molar-refractivity contribution in [1.82, 2.24) is 5.43 Å². The first-order valence-electron chi connectivity index (χ1n) is 6.60. The third-order valence-electron chi connectivity index (χ3n) is 2.84. The first kappa shape index (κ1) is 16.0. The fourth-order valence-corrected chi connectivity index (χ4v) is 1.76. The maximum Gasteiger partial charge on any atom is 0.332 e. The number of rotatable bonds is 6. The molecule has 0 fully saturated rings. The Balaban J connectivity index is 2.04. The maximum atomic E-state index is 10.6. The third kappa shape index (κ3) is 4.81. The highest BCUT2D eigenvalue weighted by Gasteiger charge is 2.05. The van der Waals surface area contributed by atoms with Crippen LogP contribution in [0.1, 0.15) is 11.1 Å². The molecule has 8 heteroatoms. The van der Waals surface area contributed by atoms with Gasteiger partial charge in [0.2, 0.25) is 0 Å². The van der Waals surface area contributed by atoms with Gasteiger partial charge in [-0.2, -0.15) is 5.10 Å². The summed E-state index contributed by atoms with van der Waals surface area (Å²) in [5.74, 6) is 0.556. The van der Waals surface area contributed by atoms with Crippen molar-refractivity contribution in [2.45, 2.75) is 6.61 Å². The lowest BCUT2D eigenvalue weighted by atomic mass is 10.2. The normalized spacial score (nSPS) is 10.4. The smallest absolute Gasteiger partial charge is 0.332 e. The molecule has 2 aromatic carbocycles. The number of nitrogens with one attached hydrogen (secondary N) is 1. The molecule has 0 bridgehead atoms. The van der Waals surface area contributed by atoms with Crippen molar-refractivity contribution >= 4 is 17.9 Å². The molecule has 8 nitrogen and oxygen atoms in total. The summed E-state index contributed by atoms with van der Waals surface area (Å²) in [6, 6.07) is 12.4. The molecule has 0 radical (unpaired) electrons. The molecule has 118 valence electrons. The summed E-state index contributed by atoms with van der Waals surface area (Å²) in [5, 5.41) is 14.3. The molecule has 0 heterocycles. The monoisotopic (exact) mass is 314 g/mol. The van der Waals surface area contributed by atoms with Gasteiger partial charge in [0.1, 0.15) is 12.4 Å². The Morgan fingerprint density at radius 2 is 1.96 bits per heavy atom. The molecule has 0 saturated heterocycles. The number of carbonyl (C=O) groups is 1. The number of nitrogens with two attached hydrogens (primary N) is 1. The van der Waals surface area contributed by atoms with Gasteiger partial charge in [-0.3, -0.25) is 10.1 Å². The van der Waals surface area contributed by atoms with E-state index in [1.165, 1.54) is 18.3 Å². The number of carbonyl (C=O) groups excluding carboxylic acids is 1. The van der Waals surface area contributed by atoms with Crippen molar-refractivity contribution in [1.29, 1.82) is 0 Å². The van der Waals surface area contributed by atoms with Crippen LogP contribution in [0.2, 0.25) is 0 Å². The second-order valence-electron chi connectivity index (χ2n) is 4.48. The van der Waals surface area contributed by atoms with Crippen LogP contribution in [0.4, 0.5) is 10.5 Å². The minimum absolute atomic E-state index is 0.0267. The summed E-state index contributed by atoms with van der Waals surface area (Å²) in [5.41, 5.74) is 8.49. The van der Waals surface area contributed by atoms with Gasteiger partial charge >= 0.3 is 6.03 Å². The van der Waals surface area contributed by atoms with E-state index in [4.69, 9.17) is 10.5 Å². The van der Waals surface area contributed by atoms with Gasteiger partial charge in [0, 0.05) is 17.7 Å². The van der Waals surface area contributed by atoms with Crippen LogP contribution in [0.3, 0.4) is 0 Å². The van der Waals surface area contributed by atoms with E-state index in [2.05, 4.69) is 10.5 Å². The summed E-state index contributed by atoms with van der Waals surface area (Å²) >= 11 is 0. The molecular formula is C15H14N4O4. The standard InChI is InChI=1S/C15H14N4O4/c16-15(20)18-17-9-12-3-1-2-4-14(12)23-10-11-5-7-13(8-6-11)19(21)22/h1-9H,10H2,(H3,16,18,20). The van der Waals surface area contributed by atoms with E-state index >= 15 is 0 Å². The molecule has 0 spiro atoms. The van der Waals surface area contributed by atoms with Gasteiger partial charge in [-0.15, -0.1) is 0 Å². The number of urea groups is 1. The number of hydrogen-bond donors (Lipinski definition) is 2. The quantitative estimate of drug-likeness (QED) is 0.482. The molecular weight excluding hydrogens is 300 g/mol. The average molecular weight is 314 g/mol. The zero-order chi connectivity index (χ0) is 16.7. The van der Waals surface area contributed by atoms with E-state index < -0.39 is 11.0 Å². The predicted octanol–water partition coefficient (Wildman–Crippen LogP) is 2.18. The summed E-state index contributed by atoms with van der Waals surface area (Å²) < 4.78 is 5.68. The molecule has 0 aliphatic carbocycles. The number of hydrazone groups is 1. The molecule has 0 unspecified atom stereocenters. The fourth-order valence-electron chi connectivity index (χ4n) is 1.76. The summed E-state index contributed by atoms with van der Waals surface area (Å²) in [6.07, 6.45) is 1.41. The molecule has 23 heavy (non-hydrogen) atoms. The molecule has 0 aliphatic heterocycles. The second kappa shape index (κ2) is 7.55. The van der Waals surface area contributed by atoms with Gasteiger partial charge in [0.15, 0.2) is 0 Å². The van der Waals surface area contributed by atoms with Crippen LogP contribution in [-0.2, 0) is 6.61 Å². The number of nitro benzene ring substituents is 1. The Morgan fingerprint density at radius 3 is 2.61 bits per heavy atom. The van der Waals surface area contributed by atoms with Gasteiger partial charge in [0.25, 0.3) is 5.69 Å². The summed E-state index contributed by atoms with van der Waals surface area (Å²) in [7, 11) is 0. The highest BCUT2D eigenvalue weighted by atomic mass is 16.6. The number of para-hydroxylation sites is 1. The fraction of sp³-hybridized carbons (Fsp3) is 0.0667. The number of amides is 2. The zero-order valence-corrected chi connectivity index (χ0v) is 12.0. The number of primary amides is 1. The Bertz CT molecular complexity index is 729. The van der Waals surface area contributed by atoms with Crippen LogP contribution in [0, 0.1) is 10.1 Å². The Hall–Kier alpha value is -3.42. The third-order valence-corrected chi connectivity index (χ3v) is 2.84. The van der Waals surface area contributed by atoms with Gasteiger partial charge in [-0.1, -0.05) is 12.1 Å². The minimum Gasteiger partial charge on any atom is -0.488 e. The maximum absolute atomic E-state index is 10.6. The molecule has 0 atom stereocenters. The van der Waals surface area contributed by atoms with Crippen LogP contribution in [-0.4, -0.2) is 17.2 Å². The summed E-state index contributed by atoms with van der Waals surface area (Å²) in [6.45, 7) is 0.242. The Labute approximate surface area is 131 Å². The van der Waals surface area contributed by atoms with Crippen LogP contribution in [0.15, 0.2) is 53.6 Å². The van der Waals surface area contributed by atoms with E-state index in [9.17, 15) is 14.9 Å². The molecule has 0 saturated carbocycles. The van der Waals surface area contributed by atoms with Gasteiger partial charge in [-0.25, -0.2) is 10.2 Å². The topological polar surface area (TPSA) is 120 Å². The molecule has 3 N–H and O–H groups in total. The number of non-ortho nitro benzene ring substituents is 1. The van der Waals surface area contributed by atoms with Crippen LogP contribution in [0.25, 0.3) is 0 Å². The Kier molecular flexibility index (Phi) is 5.24. The highest BCUT2D eigenvalue weighted by Crippen LogP contribution is 2.18. The lowest BCUT2D eigenvalue weighted by Crippen LogP contribution is -2.24. The van der Waals surface area contributed by atoms with E-state index in [0.29, 0.717) is 11.3 Å². The zero-order valence-electron chi connectivity index (χ0n) is 12.0. The first-order valence-corrected chi connectivity index (χ1v) is 6.60. The largest absolute Gasteiger partial charge is 0.488 e. The summed E-state index contributed by atoms with van der Waals surface area (Å²) in [4.78, 5) is 20.7. The van der Waals surface area contributed by atoms with E-state index in [0.717, 1.165) is 5.56 Å². The van der Waals surface area contributed by atoms with Crippen molar-refractivity contribution in [3.8, 4) is 5.75 Å². The van der Waals surface area contributed by atoms with E-state index in [1.807, 2.05) is 0 Å². The van der Waals surface area contributed by atoms with Crippen molar-refractivity contribution in [3.05, 3.63) is 69.8 Å². The molecule has 2 aromatic rings. The van der Waals surface area contributed by atoms with Gasteiger partial charge in [0.05, 0.1) is 11.1 Å². The number of hydrogen-bond acceptors (Lipinski definition) is 5. The van der Waals surface area contributed by atoms with Crippen molar-refractivity contribution in [3.63, 3.8) is 0 Å². The lowest BCUT2D eigenvalue weighted by Gasteiger charge is -2.08. The first-order chi connectivity index (χ1) is 11.1. The van der Waals surface area contributed by atoms with Crippen molar-refractivity contribution < 1.29 is 14.5 Å². The SMILES string of the molecule is NC(=O)NN=Cc1ccccc1OCc1ccc([N+](=O)[O-])cc1. The highest BCUT2D eigenvalue weighted by molar-refractivity contribution is 5.84. The second-order valence-corrected chi connectivity index (χ2v) is 4.48. The molecule has 2 rings (SSSR count). The van der Waals surface area contributed by atoms with Gasteiger partial charge < -0.3 is 10.5 Å². The predicted molar refractivity (Wildman–Crippen MR) is 84.2 cm³/mol.